The first-order valence-electron chi connectivity index (χ1n) is 5.70. The first-order valence-corrected chi connectivity index (χ1v) is 7.14. The highest BCUT2D eigenvalue weighted by Crippen LogP contribution is 2.25. The molecule has 1 rings (SSSR count). The number of rotatable bonds is 6. The van der Waals surface area contributed by atoms with Crippen LogP contribution in [0, 0.1) is 0 Å². The van der Waals surface area contributed by atoms with E-state index in [1.165, 1.54) is 6.07 Å². The molecule has 1 aromatic rings. The van der Waals surface area contributed by atoms with Gasteiger partial charge in [-0.05, 0) is 24.6 Å². The van der Waals surface area contributed by atoms with Crippen LogP contribution in [0.25, 0.3) is 0 Å². The highest BCUT2D eigenvalue weighted by molar-refractivity contribution is 7.86. The maximum absolute atomic E-state index is 11.6. The second-order valence-corrected chi connectivity index (χ2v) is 5.58. The lowest BCUT2D eigenvalue weighted by molar-refractivity contribution is -0.138. The summed E-state index contributed by atoms with van der Waals surface area (Å²) < 4.78 is 30.8. The topological polar surface area (TPSA) is 167 Å². The zero-order valence-electron chi connectivity index (χ0n) is 10.7. The lowest BCUT2D eigenvalue weighted by Crippen LogP contribution is -2.31. The molecule has 0 aromatic heterocycles. The van der Waals surface area contributed by atoms with Gasteiger partial charge in [-0.15, -0.1) is 0 Å². The lowest BCUT2D eigenvalue weighted by atomic mass is 10.1. The number of carbonyl (C=O) groups excluding carboxylic acids is 1. The van der Waals surface area contributed by atoms with Crippen LogP contribution in [0.4, 0.5) is 5.69 Å². The van der Waals surface area contributed by atoms with Gasteiger partial charge in [0, 0.05) is 12.1 Å². The Kier molecular flexibility index (Phi) is 5.24. The maximum atomic E-state index is 11.6. The minimum Gasteiger partial charge on any atom is -0.506 e. The molecule has 0 aliphatic carbocycles. The van der Waals surface area contributed by atoms with Gasteiger partial charge < -0.3 is 21.3 Å². The summed E-state index contributed by atoms with van der Waals surface area (Å²) in [4.78, 5) is 21.3. The molecule has 1 atom stereocenters. The fourth-order valence-electron chi connectivity index (χ4n) is 1.43. The van der Waals surface area contributed by atoms with Gasteiger partial charge in [-0.25, -0.2) is 0 Å². The molecule has 0 spiro atoms. The van der Waals surface area contributed by atoms with Gasteiger partial charge in [-0.1, -0.05) is 0 Å². The standard InChI is InChI=1S/C11H14N2O7S/c12-7(11(16)17)2-4-10(15)13-6-1-3-8(14)9(5-6)21(18,19)20/h1,3,5,7,14H,2,4,12H2,(H,13,15)(H,16,17)(H,18,19,20). The molecular weight excluding hydrogens is 304 g/mol. The number of anilines is 1. The van der Waals surface area contributed by atoms with Crippen LogP contribution < -0.4 is 11.1 Å². The summed E-state index contributed by atoms with van der Waals surface area (Å²) >= 11 is 0. The van der Waals surface area contributed by atoms with Crippen LogP contribution in [0.1, 0.15) is 12.8 Å². The number of carboxylic acids is 1. The average Bonchev–Trinajstić information content (AvgIpc) is 2.36. The Labute approximate surface area is 120 Å². The first kappa shape index (κ1) is 16.9. The summed E-state index contributed by atoms with van der Waals surface area (Å²) in [6.45, 7) is 0. The van der Waals surface area contributed by atoms with Gasteiger partial charge in [0.2, 0.25) is 5.91 Å². The van der Waals surface area contributed by atoms with Crippen molar-refractivity contribution in [3.05, 3.63) is 18.2 Å². The van der Waals surface area contributed by atoms with Crippen LogP contribution in [0.3, 0.4) is 0 Å². The van der Waals surface area contributed by atoms with Crippen LogP contribution in [-0.4, -0.2) is 41.1 Å². The van der Waals surface area contributed by atoms with Crippen LogP contribution in [0.15, 0.2) is 23.1 Å². The molecular formula is C11H14N2O7S. The van der Waals surface area contributed by atoms with Gasteiger partial charge in [-0.3, -0.25) is 14.1 Å². The van der Waals surface area contributed by atoms with Crippen LogP contribution in [-0.2, 0) is 19.7 Å². The van der Waals surface area contributed by atoms with Crippen molar-refractivity contribution in [2.75, 3.05) is 5.32 Å². The largest absolute Gasteiger partial charge is 0.506 e. The summed E-state index contributed by atoms with van der Waals surface area (Å²) in [5, 5.41) is 20.2. The molecule has 9 nitrogen and oxygen atoms in total. The second kappa shape index (κ2) is 6.52. The Morgan fingerprint density at radius 1 is 1.33 bits per heavy atom. The number of nitrogens with two attached hydrogens (primary N) is 1. The monoisotopic (exact) mass is 318 g/mol. The van der Waals surface area contributed by atoms with E-state index in [9.17, 15) is 23.1 Å². The number of carbonyl (C=O) groups is 2. The maximum Gasteiger partial charge on any atom is 0.320 e. The van der Waals surface area contributed by atoms with Gasteiger partial charge in [0.25, 0.3) is 10.1 Å². The molecule has 0 fully saturated rings. The molecule has 0 saturated heterocycles. The highest BCUT2D eigenvalue weighted by atomic mass is 32.2. The minimum atomic E-state index is -4.63. The molecule has 0 saturated carbocycles. The Hall–Kier alpha value is -2.17. The van der Waals surface area contributed by atoms with E-state index in [4.69, 9.17) is 15.4 Å². The third-order valence-corrected chi connectivity index (χ3v) is 3.40. The fraction of sp³-hybridized carbons (Fsp3) is 0.273. The SMILES string of the molecule is NC(CCC(=O)Nc1ccc(O)c(S(=O)(=O)O)c1)C(=O)O. The van der Waals surface area contributed by atoms with E-state index in [0.717, 1.165) is 12.1 Å². The molecule has 0 radical (unpaired) electrons. The molecule has 1 unspecified atom stereocenters. The van der Waals surface area contributed by atoms with E-state index < -0.39 is 38.7 Å². The first-order chi connectivity index (χ1) is 9.61. The summed E-state index contributed by atoms with van der Waals surface area (Å²) in [6, 6.07) is 1.91. The number of carboxylic acid groups (broad SMARTS) is 1. The van der Waals surface area contributed by atoms with E-state index in [-0.39, 0.29) is 18.5 Å². The molecule has 21 heavy (non-hydrogen) atoms. The Morgan fingerprint density at radius 3 is 2.48 bits per heavy atom. The van der Waals surface area contributed by atoms with Crippen molar-refractivity contribution in [3.63, 3.8) is 0 Å². The van der Waals surface area contributed by atoms with Crippen molar-refractivity contribution in [2.45, 2.75) is 23.8 Å². The zero-order chi connectivity index (χ0) is 16.2. The predicted octanol–water partition coefficient (Wildman–Crippen LogP) is -0.231. The van der Waals surface area contributed by atoms with E-state index in [1.807, 2.05) is 0 Å². The third kappa shape index (κ3) is 5.02. The molecule has 1 aromatic carbocycles. The molecule has 10 heteroatoms. The van der Waals surface area contributed by atoms with Gasteiger partial charge in [-0.2, -0.15) is 8.42 Å². The minimum absolute atomic E-state index is 0.0225. The van der Waals surface area contributed by atoms with Crippen molar-refractivity contribution in [1.29, 1.82) is 0 Å². The predicted molar refractivity (Wildman–Crippen MR) is 71.4 cm³/mol. The van der Waals surface area contributed by atoms with Gasteiger partial charge >= 0.3 is 5.97 Å². The molecule has 6 N–H and O–H groups in total. The number of nitrogens with one attached hydrogen (secondary N) is 1. The summed E-state index contributed by atoms with van der Waals surface area (Å²) in [5.74, 6) is -2.48. The average molecular weight is 318 g/mol. The van der Waals surface area contributed by atoms with E-state index in [2.05, 4.69) is 5.32 Å². The van der Waals surface area contributed by atoms with Crippen molar-refractivity contribution in [3.8, 4) is 5.75 Å². The quantitative estimate of drug-likeness (QED) is 0.354. The van der Waals surface area contributed by atoms with Crippen LogP contribution >= 0.6 is 0 Å². The van der Waals surface area contributed by atoms with Crippen molar-refractivity contribution >= 4 is 27.7 Å². The number of amides is 1. The highest BCUT2D eigenvalue weighted by Gasteiger charge is 2.17. The number of benzene rings is 1. The molecule has 0 aliphatic heterocycles. The van der Waals surface area contributed by atoms with Gasteiger partial charge in [0.05, 0.1) is 0 Å². The number of aliphatic carboxylic acids is 1. The smallest absolute Gasteiger partial charge is 0.320 e. The normalized spacial score (nSPS) is 12.7. The molecule has 116 valence electrons. The third-order valence-electron chi connectivity index (χ3n) is 2.52. The van der Waals surface area contributed by atoms with E-state index in [1.54, 1.807) is 0 Å². The van der Waals surface area contributed by atoms with Crippen molar-refractivity contribution in [2.24, 2.45) is 5.73 Å². The number of hydrogen-bond donors (Lipinski definition) is 5. The van der Waals surface area contributed by atoms with Crippen molar-refractivity contribution in [1.82, 2.24) is 0 Å². The Bertz CT molecular complexity index is 657. The molecule has 0 heterocycles. The number of hydrogen-bond acceptors (Lipinski definition) is 6. The van der Waals surface area contributed by atoms with Crippen LogP contribution in [0.2, 0.25) is 0 Å². The molecule has 0 aliphatic rings. The van der Waals surface area contributed by atoms with Gasteiger partial charge in [0.15, 0.2) is 0 Å². The zero-order valence-corrected chi connectivity index (χ0v) is 11.5. The summed E-state index contributed by atoms with van der Waals surface area (Å²) in [7, 11) is -4.63. The fourth-order valence-corrected chi connectivity index (χ4v) is 2.04. The van der Waals surface area contributed by atoms with E-state index in [0.29, 0.717) is 0 Å². The lowest BCUT2D eigenvalue weighted by Gasteiger charge is -2.09. The number of phenolic OH excluding ortho intramolecular Hbond substituents is 1. The Balaban J connectivity index is 2.76. The molecule has 1 amide bonds. The van der Waals surface area contributed by atoms with Crippen molar-refractivity contribution < 1.29 is 32.8 Å². The van der Waals surface area contributed by atoms with E-state index >= 15 is 0 Å². The van der Waals surface area contributed by atoms with Gasteiger partial charge in [0.1, 0.15) is 16.7 Å². The second-order valence-electron chi connectivity index (χ2n) is 4.19. The molecule has 0 bridgehead atoms. The summed E-state index contributed by atoms with van der Waals surface area (Å²) in [6.07, 6.45) is -0.278. The Morgan fingerprint density at radius 2 is 1.95 bits per heavy atom. The number of aromatic hydroxyl groups is 1. The summed E-state index contributed by atoms with van der Waals surface area (Å²) in [5.41, 5.74) is 5.26. The van der Waals surface area contributed by atoms with Crippen LogP contribution in [0.5, 0.6) is 5.75 Å². The number of phenols is 1.